The highest BCUT2D eigenvalue weighted by Crippen LogP contribution is 2.43. The second-order valence-corrected chi connectivity index (χ2v) is 5.42. The molecule has 4 nitrogen and oxygen atoms in total. The summed E-state index contributed by atoms with van der Waals surface area (Å²) in [6.07, 6.45) is -11.3. The van der Waals surface area contributed by atoms with Crippen LogP contribution in [0.3, 0.4) is 0 Å². The smallest absolute Gasteiger partial charge is 0.462 e. The normalized spacial score (nSPS) is 17.4. The molecule has 0 N–H and O–H groups in total. The first-order valence-corrected chi connectivity index (χ1v) is 7.20. The summed E-state index contributed by atoms with van der Waals surface area (Å²) in [7, 11) is 0. The molecule has 1 heterocycles. The first-order valence-electron chi connectivity index (χ1n) is 7.20. The minimum absolute atomic E-state index is 0.0284. The number of halogens is 6. The molecule has 1 aromatic carbocycles. The number of nitrogens with zero attached hydrogens (tertiary/aromatic N) is 1. The van der Waals surface area contributed by atoms with Gasteiger partial charge >= 0.3 is 24.2 Å². The van der Waals surface area contributed by atoms with Crippen molar-refractivity contribution in [3.8, 4) is 0 Å². The van der Waals surface area contributed by atoms with Gasteiger partial charge in [0.25, 0.3) is 0 Å². The lowest BCUT2D eigenvalue weighted by Gasteiger charge is -2.19. The maximum atomic E-state index is 12.7. The summed E-state index contributed by atoms with van der Waals surface area (Å²) in [4.78, 5) is 23.5. The fourth-order valence-corrected chi connectivity index (χ4v) is 2.69. The summed E-state index contributed by atoms with van der Waals surface area (Å²) in [6.45, 7) is 0.793. The number of hydrogen-bond acceptors (Lipinski definition) is 3. The van der Waals surface area contributed by atoms with Gasteiger partial charge in [0.05, 0.1) is 18.6 Å². The van der Waals surface area contributed by atoms with Gasteiger partial charge in [0.2, 0.25) is 0 Å². The standard InChI is InChI=1S/C15H13F6NO3/c1-2-25-12(23)8-3-4-11-10(5-8)9(6-14(16,17)18)7-22(11)13(24)15(19,20)21/h3-5,9H,2,6-7H2,1H3. The number of amides is 1. The SMILES string of the molecule is CCOC(=O)c1ccc2c(c1)C(CC(F)(F)F)CN2C(=O)C(F)(F)F. The van der Waals surface area contributed by atoms with E-state index in [0.29, 0.717) is 0 Å². The second kappa shape index (κ2) is 6.57. The van der Waals surface area contributed by atoms with Crippen molar-refractivity contribution in [2.24, 2.45) is 0 Å². The van der Waals surface area contributed by atoms with Crippen LogP contribution in [0.4, 0.5) is 32.0 Å². The predicted octanol–water partition coefficient (Wildman–Crippen LogP) is 3.81. The lowest BCUT2D eigenvalue weighted by molar-refractivity contribution is -0.170. The fraction of sp³-hybridized carbons (Fsp3) is 0.467. The molecule has 0 radical (unpaired) electrons. The predicted molar refractivity (Wildman–Crippen MR) is 74.2 cm³/mol. The van der Waals surface area contributed by atoms with E-state index < -0.39 is 43.1 Å². The van der Waals surface area contributed by atoms with Crippen LogP contribution in [0.25, 0.3) is 0 Å². The van der Waals surface area contributed by atoms with Crippen molar-refractivity contribution in [2.75, 3.05) is 18.1 Å². The molecule has 0 saturated heterocycles. The van der Waals surface area contributed by atoms with Crippen molar-refractivity contribution in [3.05, 3.63) is 29.3 Å². The Labute approximate surface area is 138 Å². The molecule has 0 spiro atoms. The van der Waals surface area contributed by atoms with Gasteiger partial charge < -0.3 is 9.64 Å². The Morgan fingerprint density at radius 3 is 2.36 bits per heavy atom. The zero-order valence-corrected chi connectivity index (χ0v) is 12.9. The first-order chi connectivity index (χ1) is 11.4. The van der Waals surface area contributed by atoms with Crippen molar-refractivity contribution in [1.29, 1.82) is 0 Å². The quantitative estimate of drug-likeness (QED) is 0.601. The molecule has 1 aromatic rings. The van der Waals surface area contributed by atoms with Crippen molar-refractivity contribution in [1.82, 2.24) is 0 Å². The number of hydrogen-bond donors (Lipinski definition) is 0. The molecule has 1 aliphatic rings. The average molecular weight is 369 g/mol. The van der Waals surface area contributed by atoms with E-state index in [4.69, 9.17) is 4.74 Å². The molecule has 0 saturated carbocycles. The van der Waals surface area contributed by atoms with Gasteiger partial charge in [-0.1, -0.05) is 0 Å². The minimum Gasteiger partial charge on any atom is -0.462 e. The van der Waals surface area contributed by atoms with Crippen LogP contribution >= 0.6 is 0 Å². The zero-order chi connectivity index (χ0) is 19.0. The van der Waals surface area contributed by atoms with Crippen LogP contribution < -0.4 is 4.90 Å². The molecule has 1 unspecified atom stereocenters. The first kappa shape index (κ1) is 19.1. The van der Waals surface area contributed by atoms with E-state index >= 15 is 0 Å². The van der Waals surface area contributed by atoms with Gasteiger partial charge in [-0.05, 0) is 30.7 Å². The van der Waals surface area contributed by atoms with Crippen LogP contribution in [-0.4, -0.2) is 37.4 Å². The number of rotatable bonds is 3. The van der Waals surface area contributed by atoms with Gasteiger partial charge in [-0.25, -0.2) is 4.79 Å². The van der Waals surface area contributed by atoms with Crippen LogP contribution in [0.2, 0.25) is 0 Å². The summed E-state index contributed by atoms with van der Waals surface area (Å²) in [6, 6.07) is 3.19. The second-order valence-electron chi connectivity index (χ2n) is 5.42. The molecule has 25 heavy (non-hydrogen) atoms. The average Bonchev–Trinajstić information content (AvgIpc) is 2.81. The molecule has 1 amide bonds. The third kappa shape index (κ3) is 4.23. The number of fused-ring (bicyclic) bond motifs is 1. The Morgan fingerprint density at radius 1 is 1.20 bits per heavy atom. The van der Waals surface area contributed by atoms with E-state index in [0.717, 1.165) is 18.2 Å². The minimum atomic E-state index is -5.22. The van der Waals surface area contributed by atoms with Crippen molar-refractivity contribution in [3.63, 3.8) is 0 Å². The third-order valence-electron chi connectivity index (χ3n) is 3.64. The summed E-state index contributed by atoms with van der Waals surface area (Å²) in [5, 5.41) is 0. The summed E-state index contributed by atoms with van der Waals surface area (Å²) < 4.78 is 81.0. The monoisotopic (exact) mass is 369 g/mol. The zero-order valence-electron chi connectivity index (χ0n) is 12.9. The van der Waals surface area contributed by atoms with Gasteiger partial charge in [0, 0.05) is 18.2 Å². The molecule has 0 bridgehead atoms. The number of ether oxygens (including phenoxy) is 1. The molecule has 2 rings (SSSR count). The van der Waals surface area contributed by atoms with E-state index in [1.807, 2.05) is 0 Å². The topological polar surface area (TPSA) is 46.6 Å². The number of carbonyl (C=O) groups excluding carboxylic acids is 2. The van der Waals surface area contributed by atoms with Gasteiger partial charge in [-0.15, -0.1) is 0 Å². The van der Waals surface area contributed by atoms with Crippen LogP contribution in [-0.2, 0) is 9.53 Å². The largest absolute Gasteiger partial charge is 0.471 e. The van der Waals surface area contributed by atoms with E-state index in [-0.39, 0.29) is 28.3 Å². The molecular weight excluding hydrogens is 356 g/mol. The van der Waals surface area contributed by atoms with Crippen LogP contribution in [0.1, 0.15) is 35.2 Å². The number of esters is 1. The summed E-state index contributed by atoms with van der Waals surface area (Å²) in [5.74, 6) is -4.45. The number of anilines is 1. The van der Waals surface area contributed by atoms with Crippen LogP contribution in [0, 0.1) is 0 Å². The number of benzene rings is 1. The Balaban J connectivity index is 2.44. The van der Waals surface area contributed by atoms with Gasteiger partial charge in [0.1, 0.15) is 0 Å². The van der Waals surface area contributed by atoms with Gasteiger partial charge in [-0.2, -0.15) is 26.3 Å². The molecular formula is C15H13F6NO3. The highest BCUT2D eigenvalue weighted by molar-refractivity contribution is 6.00. The van der Waals surface area contributed by atoms with Gasteiger partial charge in [-0.3, -0.25) is 4.79 Å². The Kier molecular flexibility index (Phi) is 5.01. The van der Waals surface area contributed by atoms with Crippen molar-refractivity contribution < 1.29 is 40.7 Å². The van der Waals surface area contributed by atoms with Gasteiger partial charge in [0.15, 0.2) is 0 Å². The number of alkyl halides is 6. The third-order valence-corrected chi connectivity index (χ3v) is 3.64. The molecule has 0 aromatic heterocycles. The highest BCUT2D eigenvalue weighted by atomic mass is 19.4. The van der Waals surface area contributed by atoms with Crippen LogP contribution in [0.5, 0.6) is 0 Å². The van der Waals surface area contributed by atoms with Crippen LogP contribution in [0.15, 0.2) is 18.2 Å². The maximum Gasteiger partial charge on any atom is 0.471 e. The van der Waals surface area contributed by atoms with E-state index in [9.17, 15) is 35.9 Å². The fourth-order valence-electron chi connectivity index (χ4n) is 2.69. The van der Waals surface area contributed by atoms with E-state index in [1.165, 1.54) is 6.92 Å². The van der Waals surface area contributed by atoms with Crippen molar-refractivity contribution in [2.45, 2.75) is 31.6 Å². The Morgan fingerprint density at radius 2 is 1.84 bits per heavy atom. The summed E-state index contributed by atoms with van der Waals surface area (Å²) >= 11 is 0. The lowest BCUT2D eigenvalue weighted by Crippen LogP contribution is -2.40. The summed E-state index contributed by atoms with van der Waals surface area (Å²) in [5.41, 5.74) is -0.515. The Hall–Kier alpha value is -2.26. The number of carbonyl (C=O) groups is 2. The Bertz CT molecular complexity index is 683. The molecule has 1 aliphatic heterocycles. The van der Waals surface area contributed by atoms with Crippen molar-refractivity contribution >= 4 is 17.6 Å². The maximum absolute atomic E-state index is 12.7. The van der Waals surface area contributed by atoms with E-state index in [1.54, 1.807) is 0 Å². The molecule has 0 fully saturated rings. The molecule has 10 heteroatoms. The molecule has 0 aliphatic carbocycles. The van der Waals surface area contributed by atoms with E-state index in [2.05, 4.69) is 0 Å². The highest BCUT2D eigenvalue weighted by Gasteiger charge is 2.48. The lowest BCUT2D eigenvalue weighted by atomic mass is 9.96. The molecule has 1 atom stereocenters. The molecule has 138 valence electrons.